The van der Waals surface area contributed by atoms with Gasteiger partial charge in [-0.3, -0.25) is 9.78 Å². The number of hydrogen-bond acceptors (Lipinski definition) is 4. The maximum atomic E-state index is 11.8. The first-order valence-electron chi connectivity index (χ1n) is 5.23. The number of aromatic nitrogens is 1. The molecule has 0 aliphatic heterocycles. The highest BCUT2D eigenvalue weighted by Gasteiger charge is 2.11. The normalized spacial score (nSPS) is 13.2. The molecule has 0 fully saturated rings. The zero-order valence-corrected chi connectivity index (χ0v) is 9.84. The van der Waals surface area contributed by atoms with Gasteiger partial charge in [0, 0.05) is 29.9 Å². The van der Waals surface area contributed by atoms with Gasteiger partial charge < -0.3 is 16.3 Å². The molecular formula is C11H16N4O2. The summed E-state index contributed by atoms with van der Waals surface area (Å²) in [5.41, 5.74) is 6.68. The molecule has 1 rings (SSSR count). The van der Waals surface area contributed by atoms with Crippen LogP contribution in [0.25, 0.3) is 0 Å². The third-order valence-corrected chi connectivity index (χ3v) is 2.18. The molecule has 6 heteroatoms. The maximum absolute atomic E-state index is 11.8. The van der Waals surface area contributed by atoms with Gasteiger partial charge in [-0.15, -0.1) is 0 Å². The van der Waals surface area contributed by atoms with Gasteiger partial charge in [0.25, 0.3) is 5.91 Å². The van der Waals surface area contributed by atoms with Crippen LogP contribution in [0.5, 0.6) is 0 Å². The molecular weight excluding hydrogens is 220 g/mol. The number of pyridine rings is 1. The summed E-state index contributed by atoms with van der Waals surface area (Å²) in [6, 6.07) is 3.14. The van der Waals surface area contributed by atoms with Crippen LogP contribution in [0.15, 0.2) is 23.5 Å². The lowest BCUT2D eigenvalue weighted by Crippen LogP contribution is -2.35. The quantitative estimate of drug-likeness (QED) is 0.309. The second kappa shape index (κ2) is 5.83. The molecule has 1 aromatic rings. The smallest absolute Gasteiger partial charge is 0.251 e. The highest BCUT2D eigenvalue weighted by molar-refractivity contribution is 5.94. The molecule has 1 unspecified atom stereocenters. The van der Waals surface area contributed by atoms with Crippen molar-refractivity contribution in [3.05, 3.63) is 29.6 Å². The molecule has 4 N–H and O–H groups in total. The SMILES string of the molecule is Cc1cc(C(=O)NC(C)C/C(N)=N/O)ccn1. The van der Waals surface area contributed by atoms with Crippen molar-refractivity contribution in [1.29, 1.82) is 0 Å². The van der Waals surface area contributed by atoms with Crippen LogP contribution in [0.2, 0.25) is 0 Å². The van der Waals surface area contributed by atoms with Crippen molar-refractivity contribution < 1.29 is 10.0 Å². The summed E-state index contributed by atoms with van der Waals surface area (Å²) < 4.78 is 0. The van der Waals surface area contributed by atoms with Crippen molar-refractivity contribution >= 4 is 11.7 Å². The summed E-state index contributed by atoms with van der Waals surface area (Å²) in [7, 11) is 0. The molecule has 1 atom stereocenters. The molecule has 0 saturated carbocycles. The van der Waals surface area contributed by atoms with Gasteiger partial charge in [-0.1, -0.05) is 5.16 Å². The Kier molecular flexibility index (Phi) is 4.45. The fourth-order valence-corrected chi connectivity index (χ4v) is 1.40. The Bertz CT molecular complexity index is 431. The summed E-state index contributed by atoms with van der Waals surface area (Å²) in [5.74, 6) is -0.113. The number of aryl methyl sites for hydroxylation is 1. The topological polar surface area (TPSA) is 101 Å². The summed E-state index contributed by atoms with van der Waals surface area (Å²) >= 11 is 0. The van der Waals surface area contributed by atoms with E-state index in [1.165, 1.54) is 0 Å². The van der Waals surface area contributed by atoms with Crippen LogP contribution in [-0.4, -0.2) is 28.0 Å². The number of amides is 1. The molecule has 6 nitrogen and oxygen atoms in total. The zero-order chi connectivity index (χ0) is 12.8. The van der Waals surface area contributed by atoms with E-state index in [2.05, 4.69) is 15.5 Å². The molecule has 1 amide bonds. The predicted molar refractivity (Wildman–Crippen MR) is 63.9 cm³/mol. The van der Waals surface area contributed by atoms with E-state index < -0.39 is 0 Å². The highest BCUT2D eigenvalue weighted by Crippen LogP contribution is 2.02. The zero-order valence-electron chi connectivity index (χ0n) is 9.84. The number of oxime groups is 1. The van der Waals surface area contributed by atoms with Gasteiger partial charge in [0.15, 0.2) is 0 Å². The largest absolute Gasteiger partial charge is 0.409 e. The van der Waals surface area contributed by atoms with E-state index in [0.29, 0.717) is 12.0 Å². The van der Waals surface area contributed by atoms with E-state index in [1.54, 1.807) is 25.3 Å². The first kappa shape index (κ1) is 13.0. The van der Waals surface area contributed by atoms with Crippen molar-refractivity contribution in [2.75, 3.05) is 0 Å². The van der Waals surface area contributed by atoms with E-state index in [9.17, 15) is 4.79 Å². The molecule has 1 heterocycles. The van der Waals surface area contributed by atoms with E-state index in [0.717, 1.165) is 5.69 Å². The first-order valence-corrected chi connectivity index (χ1v) is 5.23. The lowest BCUT2D eigenvalue weighted by molar-refractivity contribution is 0.0941. The summed E-state index contributed by atoms with van der Waals surface area (Å²) in [6.07, 6.45) is 1.88. The Morgan fingerprint density at radius 1 is 1.71 bits per heavy atom. The van der Waals surface area contributed by atoms with Crippen LogP contribution in [0.3, 0.4) is 0 Å². The maximum Gasteiger partial charge on any atom is 0.251 e. The van der Waals surface area contributed by atoms with Crippen LogP contribution >= 0.6 is 0 Å². The molecule has 0 aliphatic carbocycles. The molecule has 0 aliphatic rings. The minimum Gasteiger partial charge on any atom is -0.409 e. The van der Waals surface area contributed by atoms with E-state index >= 15 is 0 Å². The average molecular weight is 236 g/mol. The van der Waals surface area contributed by atoms with Crippen LogP contribution in [0.1, 0.15) is 29.4 Å². The first-order chi connectivity index (χ1) is 8.02. The lowest BCUT2D eigenvalue weighted by atomic mass is 10.2. The highest BCUT2D eigenvalue weighted by atomic mass is 16.4. The minimum atomic E-state index is -0.202. The van der Waals surface area contributed by atoms with Crippen LogP contribution in [0.4, 0.5) is 0 Å². The van der Waals surface area contributed by atoms with Gasteiger partial charge in [0.05, 0.1) is 0 Å². The Balaban J connectivity index is 2.60. The third-order valence-electron chi connectivity index (χ3n) is 2.18. The number of nitrogens with two attached hydrogens (primary N) is 1. The minimum absolute atomic E-state index is 0.0868. The number of nitrogens with one attached hydrogen (secondary N) is 1. The molecule has 0 aromatic carbocycles. The summed E-state index contributed by atoms with van der Waals surface area (Å²) in [5, 5.41) is 14.0. The lowest BCUT2D eigenvalue weighted by Gasteiger charge is -2.12. The molecule has 1 aromatic heterocycles. The molecule has 0 radical (unpaired) electrons. The second-order valence-electron chi connectivity index (χ2n) is 3.86. The van der Waals surface area contributed by atoms with E-state index in [4.69, 9.17) is 10.9 Å². The van der Waals surface area contributed by atoms with Gasteiger partial charge in [-0.25, -0.2) is 0 Å². The van der Waals surface area contributed by atoms with Crippen molar-refractivity contribution in [2.24, 2.45) is 10.9 Å². The molecule has 0 spiro atoms. The number of rotatable bonds is 4. The average Bonchev–Trinajstić information content (AvgIpc) is 2.28. The Labute approximate surface area is 99.5 Å². The van der Waals surface area contributed by atoms with Gasteiger partial charge in [-0.2, -0.15) is 0 Å². The number of amidine groups is 1. The number of carbonyl (C=O) groups is 1. The predicted octanol–water partition coefficient (Wildman–Crippen LogP) is 0.645. The fraction of sp³-hybridized carbons (Fsp3) is 0.364. The summed E-state index contributed by atoms with van der Waals surface area (Å²) in [6.45, 7) is 3.60. The number of carbonyl (C=O) groups excluding carboxylic acids is 1. The molecule has 0 bridgehead atoms. The monoisotopic (exact) mass is 236 g/mol. The van der Waals surface area contributed by atoms with E-state index in [-0.39, 0.29) is 17.8 Å². The van der Waals surface area contributed by atoms with Crippen molar-refractivity contribution in [2.45, 2.75) is 26.3 Å². The Morgan fingerprint density at radius 3 is 3.00 bits per heavy atom. The number of hydrogen-bond donors (Lipinski definition) is 3. The van der Waals surface area contributed by atoms with Crippen molar-refractivity contribution in [1.82, 2.24) is 10.3 Å². The summed E-state index contributed by atoms with van der Waals surface area (Å²) in [4.78, 5) is 15.8. The Morgan fingerprint density at radius 2 is 2.41 bits per heavy atom. The molecule has 92 valence electrons. The fourth-order valence-electron chi connectivity index (χ4n) is 1.40. The third kappa shape index (κ3) is 4.10. The van der Waals surface area contributed by atoms with Crippen molar-refractivity contribution in [3.63, 3.8) is 0 Å². The second-order valence-corrected chi connectivity index (χ2v) is 3.86. The van der Waals surface area contributed by atoms with Gasteiger partial charge in [0.1, 0.15) is 5.84 Å². The van der Waals surface area contributed by atoms with Gasteiger partial charge >= 0.3 is 0 Å². The Hall–Kier alpha value is -2.11. The van der Waals surface area contributed by atoms with E-state index in [1.807, 2.05) is 6.92 Å². The van der Waals surface area contributed by atoms with Crippen LogP contribution in [0, 0.1) is 6.92 Å². The van der Waals surface area contributed by atoms with Crippen LogP contribution in [-0.2, 0) is 0 Å². The van der Waals surface area contributed by atoms with Crippen molar-refractivity contribution in [3.8, 4) is 0 Å². The standard InChI is InChI=1S/C11H16N4O2/c1-7-5-9(3-4-13-7)11(16)14-8(2)6-10(12)15-17/h3-5,8,17H,6H2,1-2H3,(H2,12,15)(H,14,16). The van der Waals surface area contributed by atoms with Gasteiger partial charge in [-0.05, 0) is 26.0 Å². The van der Waals surface area contributed by atoms with Crippen LogP contribution < -0.4 is 11.1 Å². The number of nitrogens with zero attached hydrogens (tertiary/aromatic N) is 2. The molecule has 0 saturated heterocycles. The van der Waals surface area contributed by atoms with Gasteiger partial charge in [0.2, 0.25) is 0 Å². The molecule has 17 heavy (non-hydrogen) atoms.